The minimum atomic E-state index is -0.277. The second kappa shape index (κ2) is 2.64. The van der Waals surface area contributed by atoms with Gasteiger partial charge in [0.15, 0.2) is 0 Å². The first-order valence-electron chi connectivity index (χ1n) is 3.32. The summed E-state index contributed by atoms with van der Waals surface area (Å²) in [6, 6.07) is -0.0382. The van der Waals surface area contributed by atoms with Gasteiger partial charge in [0, 0.05) is 19.1 Å². The van der Waals surface area contributed by atoms with Crippen molar-refractivity contribution >= 4 is 0 Å². The quantitative estimate of drug-likeness (QED) is 0.442. The van der Waals surface area contributed by atoms with Gasteiger partial charge in [-0.3, -0.25) is 0 Å². The Bertz CT molecular complexity index is 97.1. The maximum absolute atomic E-state index is 9.14. The molecule has 0 aromatic rings. The van der Waals surface area contributed by atoms with E-state index in [-0.39, 0.29) is 12.1 Å². The lowest BCUT2D eigenvalue weighted by Crippen LogP contribution is -2.49. The van der Waals surface area contributed by atoms with Crippen molar-refractivity contribution in [2.24, 2.45) is 5.73 Å². The summed E-state index contributed by atoms with van der Waals surface area (Å²) in [5, 5.41) is 9.14. The largest absolute Gasteiger partial charge is 0.391 e. The Hall–Kier alpha value is -0.120. The highest BCUT2D eigenvalue weighted by Crippen LogP contribution is 2.05. The zero-order valence-corrected chi connectivity index (χ0v) is 5.75. The van der Waals surface area contributed by atoms with Crippen LogP contribution >= 0.6 is 0 Å². The van der Waals surface area contributed by atoms with Gasteiger partial charge >= 0.3 is 0 Å². The Morgan fingerprint density at radius 1 is 1.67 bits per heavy atom. The Morgan fingerprint density at radius 3 is 2.78 bits per heavy atom. The molecule has 1 heterocycles. The summed E-state index contributed by atoms with van der Waals surface area (Å²) < 4.78 is 0. The average Bonchev–Trinajstić information content (AvgIpc) is 1.80. The molecule has 3 N–H and O–H groups in total. The van der Waals surface area contributed by atoms with Crippen LogP contribution in [0, 0.1) is 0 Å². The number of aliphatic hydroxyl groups excluding tert-OH is 1. The molecular formula is C6H14N2O. The number of piperidine rings is 1. The monoisotopic (exact) mass is 130 g/mol. The molecule has 0 aromatic heterocycles. The van der Waals surface area contributed by atoms with Crippen LogP contribution in [-0.4, -0.2) is 42.3 Å². The lowest BCUT2D eigenvalue weighted by molar-refractivity contribution is 0.0734. The van der Waals surface area contributed by atoms with E-state index in [1.54, 1.807) is 0 Å². The van der Waals surface area contributed by atoms with E-state index in [1.165, 1.54) is 0 Å². The third-order valence-corrected chi connectivity index (χ3v) is 1.82. The average molecular weight is 130 g/mol. The molecule has 1 aliphatic rings. The second-order valence-corrected chi connectivity index (χ2v) is 2.78. The molecule has 3 heteroatoms. The number of likely N-dealkylation sites (tertiary alicyclic amines) is 1. The topological polar surface area (TPSA) is 49.5 Å². The summed E-state index contributed by atoms with van der Waals surface area (Å²) >= 11 is 0. The smallest absolute Gasteiger partial charge is 0.0715 e. The fraction of sp³-hybridized carbons (Fsp3) is 1.00. The summed E-state index contributed by atoms with van der Waals surface area (Å²) in [6.45, 7) is 1.79. The van der Waals surface area contributed by atoms with Crippen LogP contribution in [0.4, 0.5) is 0 Å². The lowest BCUT2D eigenvalue weighted by atomic mass is 10.0. The van der Waals surface area contributed by atoms with Gasteiger partial charge in [-0.1, -0.05) is 0 Å². The molecule has 0 saturated carbocycles. The normalized spacial score (nSPS) is 39.0. The third-order valence-electron chi connectivity index (χ3n) is 1.82. The fourth-order valence-electron chi connectivity index (χ4n) is 1.14. The molecule has 1 aliphatic heterocycles. The van der Waals surface area contributed by atoms with Gasteiger partial charge in [-0.15, -0.1) is 0 Å². The summed E-state index contributed by atoms with van der Waals surface area (Å²) in [4.78, 5) is 2.14. The Labute approximate surface area is 55.5 Å². The predicted octanol–water partition coefficient (Wildman–Crippen LogP) is -0.990. The maximum Gasteiger partial charge on any atom is 0.0715 e. The molecule has 0 aromatic carbocycles. The van der Waals surface area contributed by atoms with E-state index < -0.39 is 0 Å². The van der Waals surface area contributed by atoms with E-state index in [4.69, 9.17) is 10.8 Å². The molecule has 9 heavy (non-hydrogen) atoms. The van der Waals surface area contributed by atoms with Crippen molar-refractivity contribution in [2.75, 3.05) is 20.1 Å². The minimum absolute atomic E-state index is 0.0382. The molecule has 1 fully saturated rings. The van der Waals surface area contributed by atoms with Gasteiger partial charge in [-0.2, -0.15) is 0 Å². The number of nitrogens with two attached hydrogens (primary N) is 1. The van der Waals surface area contributed by atoms with Crippen LogP contribution in [0.2, 0.25) is 0 Å². The van der Waals surface area contributed by atoms with Crippen molar-refractivity contribution in [2.45, 2.75) is 18.6 Å². The second-order valence-electron chi connectivity index (χ2n) is 2.78. The fourth-order valence-corrected chi connectivity index (χ4v) is 1.14. The Kier molecular flexibility index (Phi) is 2.05. The number of hydrogen-bond donors (Lipinski definition) is 2. The first-order chi connectivity index (χ1) is 4.20. The van der Waals surface area contributed by atoms with Crippen molar-refractivity contribution in [3.8, 4) is 0 Å². The standard InChI is InChI=1S/C6H14N2O/c1-8-3-2-6(9)5(7)4-8/h5-6,9H,2-4,7H2,1H3/t5?,6-/m0/s1. The molecule has 3 nitrogen and oxygen atoms in total. The van der Waals surface area contributed by atoms with Gasteiger partial charge in [-0.25, -0.2) is 0 Å². The van der Waals surface area contributed by atoms with Crippen molar-refractivity contribution in [3.63, 3.8) is 0 Å². The predicted molar refractivity (Wildman–Crippen MR) is 36.1 cm³/mol. The van der Waals surface area contributed by atoms with Gasteiger partial charge in [0.25, 0.3) is 0 Å². The molecule has 1 saturated heterocycles. The first kappa shape index (κ1) is 6.99. The van der Waals surface area contributed by atoms with Gasteiger partial charge in [-0.05, 0) is 13.5 Å². The number of aliphatic hydroxyl groups is 1. The molecule has 2 atom stereocenters. The molecule has 1 rings (SSSR count). The summed E-state index contributed by atoms with van der Waals surface area (Å²) in [5.74, 6) is 0. The van der Waals surface area contributed by atoms with Crippen LogP contribution < -0.4 is 5.73 Å². The summed E-state index contributed by atoms with van der Waals surface area (Å²) in [6.07, 6.45) is 0.540. The summed E-state index contributed by atoms with van der Waals surface area (Å²) in [5.41, 5.74) is 5.58. The lowest BCUT2D eigenvalue weighted by Gasteiger charge is -2.31. The molecule has 1 unspecified atom stereocenters. The van der Waals surface area contributed by atoms with Crippen LogP contribution in [0.25, 0.3) is 0 Å². The van der Waals surface area contributed by atoms with Crippen molar-refractivity contribution < 1.29 is 5.11 Å². The highest BCUT2D eigenvalue weighted by molar-refractivity contribution is 4.80. The van der Waals surface area contributed by atoms with E-state index in [0.29, 0.717) is 0 Å². The first-order valence-corrected chi connectivity index (χ1v) is 3.32. The molecule has 0 aliphatic carbocycles. The molecule has 0 spiro atoms. The third kappa shape index (κ3) is 1.64. The Morgan fingerprint density at radius 2 is 2.33 bits per heavy atom. The highest BCUT2D eigenvalue weighted by Gasteiger charge is 2.21. The van der Waals surface area contributed by atoms with E-state index in [9.17, 15) is 0 Å². The van der Waals surface area contributed by atoms with Crippen LogP contribution in [-0.2, 0) is 0 Å². The van der Waals surface area contributed by atoms with Crippen LogP contribution in [0.15, 0.2) is 0 Å². The highest BCUT2D eigenvalue weighted by atomic mass is 16.3. The van der Waals surface area contributed by atoms with Crippen molar-refractivity contribution in [1.82, 2.24) is 4.90 Å². The molecule has 0 radical (unpaired) electrons. The van der Waals surface area contributed by atoms with Gasteiger partial charge in [0.1, 0.15) is 0 Å². The Balaban J connectivity index is 2.35. The van der Waals surface area contributed by atoms with E-state index in [0.717, 1.165) is 19.5 Å². The van der Waals surface area contributed by atoms with E-state index in [2.05, 4.69) is 4.90 Å². The SMILES string of the molecule is CN1CC[C@H](O)C(N)C1. The van der Waals surface area contributed by atoms with E-state index >= 15 is 0 Å². The molecular weight excluding hydrogens is 116 g/mol. The van der Waals surface area contributed by atoms with E-state index in [1.807, 2.05) is 7.05 Å². The maximum atomic E-state index is 9.14. The van der Waals surface area contributed by atoms with Crippen LogP contribution in [0.1, 0.15) is 6.42 Å². The summed E-state index contributed by atoms with van der Waals surface area (Å²) in [7, 11) is 2.02. The van der Waals surface area contributed by atoms with Crippen LogP contribution in [0.5, 0.6) is 0 Å². The number of hydrogen-bond acceptors (Lipinski definition) is 3. The number of nitrogens with zero attached hydrogens (tertiary/aromatic N) is 1. The van der Waals surface area contributed by atoms with Gasteiger partial charge < -0.3 is 15.7 Å². The molecule has 0 amide bonds. The van der Waals surface area contributed by atoms with Crippen LogP contribution in [0.3, 0.4) is 0 Å². The minimum Gasteiger partial charge on any atom is -0.391 e. The van der Waals surface area contributed by atoms with Crippen molar-refractivity contribution in [1.29, 1.82) is 0 Å². The number of rotatable bonds is 0. The van der Waals surface area contributed by atoms with Gasteiger partial charge in [0.2, 0.25) is 0 Å². The van der Waals surface area contributed by atoms with Gasteiger partial charge in [0.05, 0.1) is 6.10 Å². The zero-order valence-electron chi connectivity index (χ0n) is 5.75. The molecule has 0 bridgehead atoms. The van der Waals surface area contributed by atoms with Crippen molar-refractivity contribution in [3.05, 3.63) is 0 Å². The zero-order chi connectivity index (χ0) is 6.85. The number of likely N-dealkylation sites (N-methyl/N-ethyl adjacent to an activating group) is 1. The molecule has 54 valence electrons.